The van der Waals surface area contributed by atoms with Crippen molar-refractivity contribution in [3.63, 3.8) is 0 Å². The van der Waals surface area contributed by atoms with Gasteiger partial charge in [-0.15, -0.1) is 0 Å². The van der Waals surface area contributed by atoms with Crippen molar-refractivity contribution in [3.05, 3.63) is 118 Å². The fourth-order valence-corrected chi connectivity index (χ4v) is 5.95. The number of nitrogens with zero attached hydrogens (tertiary/aromatic N) is 2. The Kier molecular flexibility index (Phi) is 7.48. The number of benzene rings is 3. The first-order valence-electron chi connectivity index (χ1n) is 14.1. The van der Waals surface area contributed by atoms with Gasteiger partial charge >= 0.3 is 0 Å². The lowest BCUT2D eigenvalue weighted by Gasteiger charge is -2.44. The summed E-state index contributed by atoms with van der Waals surface area (Å²) in [4.78, 5) is 41.2. The number of amides is 2. The molecule has 0 unspecified atom stereocenters. The van der Waals surface area contributed by atoms with Crippen LogP contribution in [-0.4, -0.2) is 36.1 Å². The van der Waals surface area contributed by atoms with Gasteiger partial charge in [0.25, 0.3) is 17.4 Å². The van der Waals surface area contributed by atoms with Crippen LogP contribution in [0, 0.1) is 11.7 Å². The average molecular weight is 567 g/mol. The molecule has 3 aromatic carbocycles. The van der Waals surface area contributed by atoms with Crippen LogP contribution in [0.5, 0.6) is 5.75 Å². The lowest BCUT2D eigenvalue weighted by atomic mass is 9.83. The number of fused-ring (bicyclic) bond motifs is 4. The van der Waals surface area contributed by atoms with E-state index >= 15 is 0 Å². The standard InChI is InChI=1S/C33H31FN4O4/c1-2-42-27-13-11-26(12-14-27)35-33(41)23-8-15-30(28(17-23)36-32(40)22-6-9-25(34)10-7-22)37-18-21-16-24(20-37)29-4-3-5-31(39)38(29)19-21/h3-15,17,21,24H,2,16,18-20H2,1H3,(H,35,41)(H,36,40)/t21-,24+/m1/s1. The largest absolute Gasteiger partial charge is 0.494 e. The minimum absolute atomic E-state index is 0.0193. The summed E-state index contributed by atoms with van der Waals surface area (Å²) in [6, 6.07) is 23.1. The number of pyridine rings is 1. The second-order valence-electron chi connectivity index (χ2n) is 10.7. The van der Waals surface area contributed by atoms with Crippen molar-refractivity contribution in [2.75, 3.05) is 35.2 Å². The second-order valence-corrected chi connectivity index (χ2v) is 10.7. The van der Waals surface area contributed by atoms with Crippen molar-refractivity contribution in [2.45, 2.75) is 25.8 Å². The minimum Gasteiger partial charge on any atom is -0.494 e. The van der Waals surface area contributed by atoms with E-state index in [2.05, 4.69) is 15.5 Å². The van der Waals surface area contributed by atoms with Gasteiger partial charge in [-0.1, -0.05) is 6.07 Å². The molecular formula is C33H31FN4O4. The summed E-state index contributed by atoms with van der Waals surface area (Å²) < 4.78 is 20.8. The van der Waals surface area contributed by atoms with Crippen LogP contribution in [0.4, 0.5) is 21.5 Å². The molecule has 4 aromatic rings. The molecule has 214 valence electrons. The number of rotatable bonds is 7. The van der Waals surface area contributed by atoms with Crippen LogP contribution < -0.4 is 25.8 Å². The number of halogens is 1. The highest BCUT2D eigenvalue weighted by molar-refractivity contribution is 6.09. The Morgan fingerprint density at radius 1 is 0.881 bits per heavy atom. The maximum absolute atomic E-state index is 13.5. The van der Waals surface area contributed by atoms with E-state index in [1.165, 1.54) is 24.3 Å². The molecule has 42 heavy (non-hydrogen) atoms. The van der Waals surface area contributed by atoms with Gasteiger partial charge in [-0.3, -0.25) is 14.4 Å². The summed E-state index contributed by atoms with van der Waals surface area (Å²) in [5.74, 6) is -0.0283. The molecule has 8 nitrogen and oxygen atoms in total. The smallest absolute Gasteiger partial charge is 0.255 e. The van der Waals surface area contributed by atoms with Gasteiger partial charge in [-0.05, 0) is 92.1 Å². The molecule has 2 atom stereocenters. The Hall–Kier alpha value is -4.92. The minimum atomic E-state index is -0.431. The van der Waals surface area contributed by atoms with Crippen molar-refractivity contribution in [1.82, 2.24) is 4.57 Å². The Labute approximate surface area is 242 Å². The van der Waals surface area contributed by atoms with E-state index in [1.54, 1.807) is 48.5 Å². The molecule has 9 heteroatoms. The van der Waals surface area contributed by atoms with Gasteiger partial charge in [-0.25, -0.2) is 4.39 Å². The van der Waals surface area contributed by atoms with Crippen molar-refractivity contribution in [3.8, 4) is 5.75 Å². The third kappa shape index (κ3) is 5.63. The first-order chi connectivity index (χ1) is 20.4. The van der Waals surface area contributed by atoms with E-state index in [1.807, 2.05) is 23.6 Å². The number of hydrogen-bond donors (Lipinski definition) is 2. The summed E-state index contributed by atoms with van der Waals surface area (Å²) in [5.41, 5.74) is 3.59. The Bertz CT molecular complexity index is 1680. The van der Waals surface area contributed by atoms with Crippen LogP contribution in [0.25, 0.3) is 0 Å². The molecule has 1 aromatic heterocycles. The quantitative estimate of drug-likeness (QED) is 0.308. The summed E-state index contributed by atoms with van der Waals surface area (Å²) in [5, 5.41) is 5.86. The number of piperidine rings is 1. The lowest BCUT2D eigenvalue weighted by Crippen LogP contribution is -2.47. The molecule has 3 heterocycles. The molecule has 2 N–H and O–H groups in total. The highest BCUT2D eigenvalue weighted by atomic mass is 19.1. The molecule has 0 radical (unpaired) electrons. The molecular weight excluding hydrogens is 535 g/mol. The highest BCUT2D eigenvalue weighted by Crippen LogP contribution is 2.39. The third-order valence-electron chi connectivity index (χ3n) is 7.86. The van der Waals surface area contributed by atoms with Gasteiger partial charge in [-0.2, -0.15) is 0 Å². The maximum atomic E-state index is 13.5. The van der Waals surface area contributed by atoms with Gasteiger partial charge in [0.2, 0.25) is 0 Å². The molecule has 2 amide bonds. The predicted molar refractivity (Wildman–Crippen MR) is 160 cm³/mol. The summed E-state index contributed by atoms with van der Waals surface area (Å²) in [6.45, 7) is 4.46. The van der Waals surface area contributed by atoms with Crippen LogP contribution in [0.15, 0.2) is 89.7 Å². The topological polar surface area (TPSA) is 92.7 Å². The van der Waals surface area contributed by atoms with Gasteiger partial charge < -0.3 is 24.8 Å². The summed E-state index contributed by atoms with van der Waals surface area (Å²) >= 11 is 0. The zero-order valence-electron chi connectivity index (χ0n) is 23.2. The van der Waals surface area contributed by atoms with Crippen LogP contribution in [0.2, 0.25) is 0 Å². The first-order valence-corrected chi connectivity index (χ1v) is 14.1. The van der Waals surface area contributed by atoms with E-state index in [0.29, 0.717) is 54.5 Å². The van der Waals surface area contributed by atoms with E-state index in [0.717, 1.165) is 17.8 Å². The fourth-order valence-electron chi connectivity index (χ4n) is 5.95. The zero-order chi connectivity index (χ0) is 29.2. The average Bonchev–Trinajstić information content (AvgIpc) is 2.99. The second kappa shape index (κ2) is 11.5. The molecule has 2 bridgehead atoms. The number of anilines is 3. The molecule has 0 aliphatic carbocycles. The van der Waals surface area contributed by atoms with E-state index in [4.69, 9.17) is 4.74 Å². The molecule has 2 aliphatic heterocycles. The fraction of sp³-hybridized carbons (Fsp3) is 0.242. The van der Waals surface area contributed by atoms with Crippen molar-refractivity contribution >= 4 is 28.9 Å². The Morgan fingerprint density at radius 3 is 2.38 bits per heavy atom. The van der Waals surface area contributed by atoms with Gasteiger partial charge in [0.1, 0.15) is 11.6 Å². The van der Waals surface area contributed by atoms with E-state index < -0.39 is 11.7 Å². The van der Waals surface area contributed by atoms with Crippen LogP contribution in [-0.2, 0) is 6.54 Å². The van der Waals surface area contributed by atoms with Crippen LogP contribution in [0.3, 0.4) is 0 Å². The molecule has 1 fully saturated rings. The molecule has 1 saturated heterocycles. The van der Waals surface area contributed by atoms with Crippen LogP contribution in [0.1, 0.15) is 45.7 Å². The number of nitrogens with one attached hydrogen (secondary N) is 2. The van der Waals surface area contributed by atoms with Gasteiger partial charge in [0.05, 0.1) is 18.0 Å². The number of carbonyl (C=O) groups is 2. The molecule has 6 rings (SSSR count). The first kappa shape index (κ1) is 27.3. The van der Waals surface area contributed by atoms with Crippen molar-refractivity contribution < 1.29 is 18.7 Å². The molecule has 2 aliphatic rings. The van der Waals surface area contributed by atoms with Gasteiger partial charge in [0.15, 0.2) is 0 Å². The molecule has 0 saturated carbocycles. The van der Waals surface area contributed by atoms with E-state index in [-0.39, 0.29) is 23.3 Å². The molecule has 0 spiro atoms. The van der Waals surface area contributed by atoms with Crippen molar-refractivity contribution in [1.29, 1.82) is 0 Å². The SMILES string of the molecule is CCOc1ccc(NC(=O)c2ccc(N3C[C@H]4C[C@@H](C3)c3cccc(=O)n3C4)c(NC(=O)c3ccc(F)cc3)c2)cc1. The highest BCUT2D eigenvalue weighted by Gasteiger charge is 2.35. The number of hydrogen-bond acceptors (Lipinski definition) is 5. The normalized spacial score (nSPS) is 17.2. The lowest BCUT2D eigenvalue weighted by molar-refractivity contribution is 0.101. The summed E-state index contributed by atoms with van der Waals surface area (Å²) in [7, 11) is 0. The zero-order valence-corrected chi connectivity index (χ0v) is 23.2. The maximum Gasteiger partial charge on any atom is 0.255 e. The number of aromatic nitrogens is 1. The summed E-state index contributed by atoms with van der Waals surface area (Å²) in [6.07, 6.45) is 0.986. The Balaban J connectivity index is 1.30. The monoisotopic (exact) mass is 566 g/mol. The third-order valence-corrected chi connectivity index (χ3v) is 7.86. The number of ether oxygens (including phenoxy) is 1. The van der Waals surface area contributed by atoms with Gasteiger partial charge in [0, 0.05) is 54.1 Å². The predicted octanol–water partition coefficient (Wildman–Crippen LogP) is 5.51. The van der Waals surface area contributed by atoms with Crippen molar-refractivity contribution in [2.24, 2.45) is 5.92 Å². The Morgan fingerprint density at radius 2 is 1.62 bits per heavy atom. The van der Waals surface area contributed by atoms with Crippen LogP contribution >= 0.6 is 0 Å². The van der Waals surface area contributed by atoms with E-state index in [9.17, 15) is 18.8 Å². The number of carbonyl (C=O) groups excluding carboxylic acids is 2.